The molecule has 1 rings (SSSR count). The molecule has 1 fully saturated rings. The molecule has 0 aliphatic carbocycles. The SMILES string of the molecule is CCNCC1COCCOC1. The summed E-state index contributed by atoms with van der Waals surface area (Å²) in [4.78, 5) is 0. The third kappa shape index (κ3) is 3.70. The molecule has 0 atom stereocenters. The lowest BCUT2D eigenvalue weighted by Gasteiger charge is -2.12. The Balaban J connectivity index is 2.09. The van der Waals surface area contributed by atoms with E-state index in [1.165, 1.54) is 0 Å². The van der Waals surface area contributed by atoms with Gasteiger partial charge in [0.25, 0.3) is 0 Å². The van der Waals surface area contributed by atoms with Crippen molar-refractivity contribution in [3.8, 4) is 0 Å². The third-order valence-corrected chi connectivity index (χ3v) is 1.76. The third-order valence-electron chi connectivity index (χ3n) is 1.76. The van der Waals surface area contributed by atoms with Crippen LogP contribution in [-0.4, -0.2) is 39.5 Å². The van der Waals surface area contributed by atoms with Crippen molar-refractivity contribution in [2.24, 2.45) is 5.92 Å². The van der Waals surface area contributed by atoms with Gasteiger partial charge in [-0.25, -0.2) is 0 Å². The maximum absolute atomic E-state index is 5.34. The first-order chi connectivity index (χ1) is 5.43. The van der Waals surface area contributed by atoms with Gasteiger partial charge >= 0.3 is 0 Å². The zero-order chi connectivity index (χ0) is 7.94. The van der Waals surface area contributed by atoms with Crippen LogP contribution in [0.25, 0.3) is 0 Å². The zero-order valence-corrected chi connectivity index (χ0v) is 7.14. The highest BCUT2D eigenvalue weighted by molar-refractivity contribution is 4.62. The van der Waals surface area contributed by atoms with E-state index in [-0.39, 0.29) is 0 Å². The largest absolute Gasteiger partial charge is 0.379 e. The first-order valence-electron chi connectivity index (χ1n) is 4.29. The molecule has 0 aromatic carbocycles. The topological polar surface area (TPSA) is 30.5 Å². The molecule has 3 nitrogen and oxygen atoms in total. The lowest BCUT2D eigenvalue weighted by Crippen LogP contribution is -2.27. The van der Waals surface area contributed by atoms with Gasteiger partial charge in [-0.2, -0.15) is 0 Å². The van der Waals surface area contributed by atoms with Crippen LogP contribution in [0.4, 0.5) is 0 Å². The Kier molecular flexibility index (Phi) is 4.50. The van der Waals surface area contributed by atoms with Crippen molar-refractivity contribution < 1.29 is 9.47 Å². The quantitative estimate of drug-likeness (QED) is 0.640. The van der Waals surface area contributed by atoms with Crippen LogP contribution in [0.5, 0.6) is 0 Å². The molecular weight excluding hydrogens is 142 g/mol. The van der Waals surface area contributed by atoms with Crippen molar-refractivity contribution in [2.45, 2.75) is 6.92 Å². The fourth-order valence-corrected chi connectivity index (χ4v) is 1.13. The minimum absolute atomic E-state index is 0.539. The van der Waals surface area contributed by atoms with Gasteiger partial charge in [0.1, 0.15) is 0 Å². The normalized spacial score (nSPS) is 21.5. The first kappa shape index (κ1) is 8.97. The molecular formula is C8H17NO2. The second-order valence-corrected chi connectivity index (χ2v) is 2.82. The molecule has 0 unspecified atom stereocenters. The van der Waals surface area contributed by atoms with Crippen molar-refractivity contribution >= 4 is 0 Å². The van der Waals surface area contributed by atoms with Crippen LogP contribution in [-0.2, 0) is 9.47 Å². The Morgan fingerprint density at radius 2 is 1.91 bits per heavy atom. The standard InChI is InChI=1S/C8H17NO2/c1-2-9-5-8-6-10-3-4-11-7-8/h8-9H,2-7H2,1H3. The maximum Gasteiger partial charge on any atom is 0.0700 e. The molecule has 1 aliphatic rings. The Morgan fingerprint density at radius 1 is 1.27 bits per heavy atom. The summed E-state index contributed by atoms with van der Waals surface area (Å²) in [5.74, 6) is 0.539. The molecule has 0 spiro atoms. The van der Waals surface area contributed by atoms with E-state index in [1.807, 2.05) is 0 Å². The molecule has 3 heteroatoms. The van der Waals surface area contributed by atoms with Crippen molar-refractivity contribution in [1.82, 2.24) is 5.32 Å². The van der Waals surface area contributed by atoms with Crippen LogP contribution in [0.2, 0.25) is 0 Å². The predicted molar refractivity (Wildman–Crippen MR) is 43.7 cm³/mol. The van der Waals surface area contributed by atoms with Gasteiger partial charge in [-0.15, -0.1) is 0 Å². The highest BCUT2D eigenvalue weighted by atomic mass is 16.5. The number of hydrogen-bond donors (Lipinski definition) is 1. The molecule has 1 heterocycles. The predicted octanol–water partition coefficient (Wildman–Crippen LogP) is 0.259. The Hall–Kier alpha value is -0.120. The number of ether oxygens (including phenoxy) is 2. The molecule has 0 saturated carbocycles. The minimum Gasteiger partial charge on any atom is -0.379 e. The van der Waals surface area contributed by atoms with E-state index in [1.54, 1.807) is 0 Å². The van der Waals surface area contributed by atoms with E-state index in [9.17, 15) is 0 Å². The van der Waals surface area contributed by atoms with Crippen molar-refractivity contribution in [3.05, 3.63) is 0 Å². The van der Waals surface area contributed by atoms with Gasteiger partial charge in [0.05, 0.1) is 26.4 Å². The number of rotatable bonds is 3. The average Bonchev–Trinajstić information content (AvgIpc) is 2.28. The summed E-state index contributed by atoms with van der Waals surface area (Å²) in [6.45, 7) is 7.33. The monoisotopic (exact) mass is 159 g/mol. The Morgan fingerprint density at radius 3 is 2.45 bits per heavy atom. The summed E-state index contributed by atoms with van der Waals surface area (Å²) >= 11 is 0. The fourth-order valence-electron chi connectivity index (χ4n) is 1.13. The van der Waals surface area contributed by atoms with Gasteiger partial charge in [0, 0.05) is 12.5 Å². The van der Waals surface area contributed by atoms with Crippen LogP contribution in [0.1, 0.15) is 6.92 Å². The van der Waals surface area contributed by atoms with E-state index in [2.05, 4.69) is 12.2 Å². The van der Waals surface area contributed by atoms with Gasteiger partial charge in [0.2, 0.25) is 0 Å². The number of nitrogens with one attached hydrogen (secondary N) is 1. The van der Waals surface area contributed by atoms with Gasteiger partial charge in [0.15, 0.2) is 0 Å². The van der Waals surface area contributed by atoms with Crippen LogP contribution >= 0.6 is 0 Å². The molecule has 11 heavy (non-hydrogen) atoms. The molecule has 1 saturated heterocycles. The van der Waals surface area contributed by atoms with Crippen LogP contribution in [0.15, 0.2) is 0 Å². The lowest BCUT2D eigenvalue weighted by atomic mass is 10.2. The second-order valence-electron chi connectivity index (χ2n) is 2.82. The molecule has 0 bridgehead atoms. The fraction of sp³-hybridized carbons (Fsp3) is 1.00. The van der Waals surface area contributed by atoms with E-state index in [0.29, 0.717) is 5.92 Å². The molecule has 0 radical (unpaired) electrons. The molecule has 0 aromatic heterocycles. The number of hydrogen-bond acceptors (Lipinski definition) is 3. The van der Waals surface area contributed by atoms with Gasteiger partial charge in [-0.1, -0.05) is 6.92 Å². The summed E-state index contributed by atoms with van der Waals surface area (Å²) in [6.07, 6.45) is 0. The first-order valence-corrected chi connectivity index (χ1v) is 4.29. The lowest BCUT2D eigenvalue weighted by molar-refractivity contribution is 0.103. The molecule has 1 aliphatic heterocycles. The highest BCUT2D eigenvalue weighted by Gasteiger charge is 2.11. The molecule has 66 valence electrons. The smallest absolute Gasteiger partial charge is 0.0700 e. The van der Waals surface area contributed by atoms with E-state index in [4.69, 9.17) is 9.47 Å². The van der Waals surface area contributed by atoms with Crippen LogP contribution in [0.3, 0.4) is 0 Å². The van der Waals surface area contributed by atoms with Crippen molar-refractivity contribution in [3.63, 3.8) is 0 Å². The van der Waals surface area contributed by atoms with Gasteiger partial charge < -0.3 is 14.8 Å². The van der Waals surface area contributed by atoms with Crippen LogP contribution in [0, 0.1) is 5.92 Å². The van der Waals surface area contributed by atoms with E-state index in [0.717, 1.165) is 39.5 Å². The second kappa shape index (κ2) is 5.52. The summed E-state index contributed by atoms with van der Waals surface area (Å²) in [5, 5.41) is 3.29. The van der Waals surface area contributed by atoms with E-state index >= 15 is 0 Å². The summed E-state index contributed by atoms with van der Waals surface area (Å²) < 4.78 is 10.7. The van der Waals surface area contributed by atoms with Gasteiger partial charge in [-0.05, 0) is 6.54 Å². The minimum atomic E-state index is 0.539. The van der Waals surface area contributed by atoms with Crippen molar-refractivity contribution in [1.29, 1.82) is 0 Å². The molecule has 0 amide bonds. The summed E-state index contributed by atoms with van der Waals surface area (Å²) in [5.41, 5.74) is 0. The zero-order valence-electron chi connectivity index (χ0n) is 7.14. The summed E-state index contributed by atoms with van der Waals surface area (Å²) in [6, 6.07) is 0. The van der Waals surface area contributed by atoms with Crippen LogP contribution < -0.4 is 5.32 Å². The maximum atomic E-state index is 5.34. The Labute approximate surface area is 68.1 Å². The molecule has 1 N–H and O–H groups in total. The Bertz CT molecular complexity index is 90.1. The van der Waals surface area contributed by atoms with E-state index < -0.39 is 0 Å². The molecule has 0 aromatic rings. The highest BCUT2D eigenvalue weighted by Crippen LogP contribution is 2.01. The average molecular weight is 159 g/mol. The van der Waals surface area contributed by atoms with Gasteiger partial charge in [-0.3, -0.25) is 0 Å². The van der Waals surface area contributed by atoms with Crippen molar-refractivity contribution in [2.75, 3.05) is 39.5 Å². The summed E-state index contributed by atoms with van der Waals surface area (Å²) in [7, 11) is 0.